The molecule has 11 heavy (non-hydrogen) atoms. The Morgan fingerprint density at radius 2 is 2.45 bits per heavy atom. The van der Waals surface area contributed by atoms with Crippen LogP contribution >= 0.6 is 0 Å². The summed E-state index contributed by atoms with van der Waals surface area (Å²) in [5.74, 6) is 0.711. The normalized spacial score (nSPS) is 10.4. The third-order valence-electron chi connectivity index (χ3n) is 1.43. The average molecular weight is 156 g/mol. The number of aromatic amines is 1. The van der Waals surface area contributed by atoms with E-state index >= 15 is 0 Å². The lowest BCUT2D eigenvalue weighted by Gasteiger charge is -1.89. The summed E-state index contributed by atoms with van der Waals surface area (Å²) >= 11 is 0. The molecular formula is C6H12N4O. The first-order valence-electron chi connectivity index (χ1n) is 3.56. The molecule has 5 nitrogen and oxygen atoms in total. The van der Waals surface area contributed by atoms with Crippen LogP contribution in [0.5, 0.6) is 0 Å². The van der Waals surface area contributed by atoms with E-state index in [4.69, 9.17) is 5.73 Å². The molecule has 3 N–H and O–H groups in total. The van der Waals surface area contributed by atoms with Crippen LogP contribution in [0.1, 0.15) is 12.2 Å². The Hall–Kier alpha value is -1.10. The number of hydrogen-bond donors (Lipinski definition) is 2. The zero-order chi connectivity index (χ0) is 8.27. The van der Waals surface area contributed by atoms with Crippen LogP contribution in [0.2, 0.25) is 0 Å². The first-order valence-corrected chi connectivity index (χ1v) is 3.56. The van der Waals surface area contributed by atoms with Gasteiger partial charge < -0.3 is 5.73 Å². The fraction of sp³-hybridized carbons (Fsp3) is 0.667. The molecule has 1 heterocycles. The molecular weight excluding hydrogens is 144 g/mol. The Balaban J connectivity index is 2.65. The van der Waals surface area contributed by atoms with Crippen LogP contribution in [0, 0.1) is 0 Å². The van der Waals surface area contributed by atoms with Gasteiger partial charge in [0.25, 0.3) is 0 Å². The molecule has 0 saturated heterocycles. The van der Waals surface area contributed by atoms with Gasteiger partial charge >= 0.3 is 5.69 Å². The minimum absolute atomic E-state index is 0.169. The van der Waals surface area contributed by atoms with E-state index in [0.717, 1.165) is 12.8 Å². The Morgan fingerprint density at radius 1 is 1.73 bits per heavy atom. The van der Waals surface area contributed by atoms with Crippen molar-refractivity contribution in [3.8, 4) is 0 Å². The average Bonchev–Trinajstić information content (AvgIpc) is 2.28. The second-order valence-electron chi connectivity index (χ2n) is 2.39. The topological polar surface area (TPSA) is 76.7 Å². The molecule has 0 bridgehead atoms. The highest BCUT2D eigenvalue weighted by atomic mass is 16.1. The van der Waals surface area contributed by atoms with Crippen LogP contribution in [0.3, 0.4) is 0 Å². The van der Waals surface area contributed by atoms with Crippen molar-refractivity contribution < 1.29 is 0 Å². The van der Waals surface area contributed by atoms with Gasteiger partial charge in [0.05, 0.1) is 0 Å². The van der Waals surface area contributed by atoms with Crippen molar-refractivity contribution >= 4 is 0 Å². The number of H-pyrrole nitrogens is 1. The molecule has 1 aromatic heterocycles. The number of hydrogen-bond acceptors (Lipinski definition) is 3. The molecule has 0 fully saturated rings. The highest BCUT2D eigenvalue weighted by Gasteiger charge is 1.99. The van der Waals surface area contributed by atoms with E-state index in [-0.39, 0.29) is 5.69 Å². The fourth-order valence-corrected chi connectivity index (χ4v) is 0.838. The van der Waals surface area contributed by atoms with Crippen molar-refractivity contribution in [3.63, 3.8) is 0 Å². The molecule has 1 aromatic rings. The summed E-state index contributed by atoms with van der Waals surface area (Å²) in [6.45, 7) is 0.624. The first-order chi connectivity index (χ1) is 5.24. The van der Waals surface area contributed by atoms with Crippen molar-refractivity contribution in [1.29, 1.82) is 0 Å². The molecule has 0 aliphatic heterocycles. The summed E-state index contributed by atoms with van der Waals surface area (Å²) in [5, 5.41) is 3.94. The Kier molecular flexibility index (Phi) is 2.43. The Bertz CT molecular complexity index is 274. The SMILES string of the molecule is Cn1nc(CCCN)[nH]c1=O. The largest absolute Gasteiger partial charge is 0.342 e. The van der Waals surface area contributed by atoms with E-state index in [0.29, 0.717) is 12.4 Å². The van der Waals surface area contributed by atoms with Crippen molar-refractivity contribution in [1.82, 2.24) is 14.8 Å². The molecule has 0 amide bonds. The maximum atomic E-state index is 10.8. The van der Waals surface area contributed by atoms with Gasteiger partial charge in [-0.1, -0.05) is 0 Å². The Morgan fingerprint density at radius 3 is 2.91 bits per heavy atom. The number of aryl methyl sites for hydroxylation is 2. The molecule has 0 radical (unpaired) electrons. The van der Waals surface area contributed by atoms with E-state index < -0.39 is 0 Å². The van der Waals surface area contributed by atoms with Gasteiger partial charge in [-0.3, -0.25) is 4.98 Å². The van der Waals surface area contributed by atoms with Gasteiger partial charge in [-0.05, 0) is 13.0 Å². The maximum Gasteiger partial charge on any atom is 0.342 e. The Labute approximate surface area is 64.2 Å². The number of aromatic nitrogens is 3. The smallest absolute Gasteiger partial charge is 0.330 e. The maximum absolute atomic E-state index is 10.8. The van der Waals surface area contributed by atoms with E-state index in [1.165, 1.54) is 4.68 Å². The molecule has 0 unspecified atom stereocenters. The summed E-state index contributed by atoms with van der Waals surface area (Å²) < 4.78 is 1.28. The van der Waals surface area contributed by atoms with E-state index in [1.54, 1.807) is 7.05 Å². The minimum Gasteiger partial charge on any atom is -0.330 e. The van der Waals surface area contributed by atoms with Gasteiger partial charge in [0.2, 0.25) is 0 Å². The van der Waals surface area contributed by atoms with Gasteiger partial charge in [-0.2, -0.15) is 5.10 Å². The van der Waals surface area contributed by atoms with Crippen LogP contribution in [0.4, 0.5) is 0 Å². The summed E-state index contributed by atoms with van der Waals surface area (Å²) in [5.41, 5.74) is 5.13. The monoisotopic (exact) mass is 156 g/mol. The highest BCUT2D eigenvalue weighted by Crippen LogP contribution is 1.89. The summed E-state index contributed by atoms with van der Waals surface area (Å²) in [7, 11) is 1.62. The molecule has 0 aliphatic rings. The molecule has 62 valence electrons. The van der Waals surface area contributed by atoms with Gasteiger partial charge in [-0.25, -0.2) is 9.48 Å². The van der Waals surface area contributed by atoms with E-state index in [2.05, 4.69) is 10.1 Å². The fourth-order valence-electron chi connectivity index (χ4n) is 0.838. The molecule has 0 atom stereocenters. The third kappa shape index (κ3) is 1.91. The number of rotatable bonds is 3. The van der Waals surface area contributed by atoms with Crippen molar-refractivity contribution in [2.24, 2.45) is 12.8 Å². The van der Waals surface area contributed by atoms with Gasteiger partial charge in [0.15, 0.2) is 0 Å². The van der Waals surface area contributed by atoms with Crippen LogP contribution in [0.15, 0.2) is 4.79 Å². The van der Waals surface area contributed by atoms with Gasteiger partial charge in [0.1, 0.15) is 5.82 Å². The van der Waals surface area contributed by atoms with Crippen molar-refractivity contribution in [2.45, 2.75) is 12.8 Å². The van der Waals surface area contributed by atoms with E-state index in [1.807, 2.05) is 0 Å². The highest BCUT2D eigenvalue weighted by molar-refractivity contribution is 4.81. The first kappa shape index (κ1) is 8.00. The standard InChI is InChI=1S/C6H12N4O/c1-10-6(11)8-5(9-10)3-2-4-7/h2-4,7H2,1H3,(H,8,9,11). The predicted molar refractivity (Wildman–Crippen MR) is 41.2 cm³/mol. The number of nitrogens with two attached hydrogens (primary N) is 1. The summed E-state index contributed by atoms with van der Waals surface area (Å²) in [6.07, 6.45) is 1.60. The van der Waals surface area contributed by atoms with Crippen LogP contribution in [-0.2, 0) is 13.5 Å². The third-order valence-corrected chi connectivity index (χ3v) is 1.43. The van der Waals surface area contributed by atoms with Crippen LogP contribution in [0.25, 0.3) is 0 Å². The lowest BCUT2D eigenvalue weighted by molar-refractivity contribution is 0.706. The molecule has 5 heteroatoms. The number of nitrogens with zero attached hydrogens (tertiary/aromatic N) is 2. The van der Waals surface area contributed by atoms with Crippen LogP contribution < -0.4 is 11.4 Å². The van der Waals surface area contributed by atoms with Gasteiger partial charge in [0, 0.05) is 13.5 Å². The lowest BCUT2D eigenvalue weighted by Crippen LogP contribution is -2.13. The summed E-state index contributed by atoms with van der Waals surface area (Å²) in [4.78, 5) is 13.4. The second-order valence-corrected chi connectivity index (χ2v) is 2.39. The lowest BCUT2D eigenvalue weighted by atomic mass is 10.3. The zero-order valence-corrected chi connectivity index (χ0v) is 6.50. The minimum atomic E-state index is -0.169. The van der Waals surface area contributed by atoms with Crippen molar-refractivity contribution in [3.05, 3.63) is 16.3 Å². The van der Waals surface area contributed by atoms with E-state index in [9.17, 15) is 4.79 Å². The quantitative estimate of drug-likeness (QED) is 0.589. The van der Waals surface area contributed by atoms with Gasteiger partial charge in [-0.15, -0.1) is 0 Å². The second kappa shape index (κ2) is 3.34. The number of nitrogens with one attached hydrogen (secondary N) is 1. The van der Waals surface area contributed by atoms with Crippen molar-refractivity contribution in [2.75, 3.05) is 6.54 Å². The zero-order valence-electron chi connectivity index (χ0n) is 6.50. The summed E-state index contributed by atoms with van der Waals surface area (Å²) in [6, 6.07) is 0. The molecule has 1 rings (SSSR count). The van der Waals surface area contributed by atoms with Crippen LogP contribution in [-0.4, -0.2) is 21.3 Å². The molecule has 0 saturated carbocycles. The molecule has 0 aromatic carbocycles. The molecule has 0 spiro atoms. The molecule has 0 aliphatic carbocycles. The predicted octanol–water partition coefficient (Wildman–Crippen LogP) is -1.00.